The van der Waals surface area contributed by atoms with Gasteiger partial charge in [-0.15, -0.1) is 0 Å². The number of aromatic nitrogens is 5. The van der Waals surface area contributed by atoms with Gasteiger partial charge in [0.15, 0.2) is 0 Å². The predicted octanol–water partition coefficient (Wildman–Crippen LogP) is 3.03. The second kappa shape index (κ2) is 7.70. The molecule has 0 saturated carbocycles. The minimum Gasteiger partial charge on any atom is -0.299 e. The molecule has 6 rings (SSSR count). The molecule has 8 nitrogen and oxygen atoms in total. The van der Waals surface area contributed by atoms with Crippen molar-refractivity contribution in [2.24, 2.45) is 12.0 Å². The molecule has 9 heteroatoms. The molecule has 2 aromatic carbocycles. The van der Waals surface area contributed by atoms with Crippen molar-refractivity contribution < 1.29 is 4.39 Å². The SMILES string of the molecule is Cn1ncnc1C1c2n[nH]c(=O)c3cc(F)cc(c23)N=CC1c1ccc(CN2CCC2)cc1. The second-order valence-electron chi connectivity index (χ2n) is 8.68. The van der Waals surface area contributed by atoms with Crippen molar-refractivity contribution in [3.05, 3.63) is 81.5 Å². The first-order valence-corrected chi connectivity index (χ1v) is 11.0. The van der Waals surface area contributed by atoms with E-state index in [1.54, 1.807) is 4.68 Å². The maximum Gasteiger partial charge on any atom is 0.272 e. The van der Waals surface area contributed by atoms with Crippen LogP contribution < -0.4 is 5.56 Å². The fourth-order valence-corrected chi connectivity index (χ4v) is 4.80. The Morgan fingerprint density at radius 1 is 1.18 bits per heavy atom. The lowest BCUT2D eigenvalue weighted by Crippen LogP contribution is -2.36. The van der Waals surface area contributed by atoms with Gasteiger partial charge in [-0.3, -0.25) is 19.4 Å². The van der Waals surface area contributed by atoms with Crippen molar-refractivity contribution in [1.29, 1.82) is 0 Å². The molecule has 0 aliphatic carbocycles. The van der Waals surface area contributed by atoms with Crippen molar-refractivity contribution in [2.45, 2.75) is 24.8 Å². The third kappa shape index (κ3) is 3.36. The highest BCUT2D eigenvalue weighted by molar-refractivity contribution is 5.97. The van der Waals surface area contributed by atoms with Crippen LogP contribution in [0.5, 0.6) is 0 Å². The molecule has 0 spiro atoms. The van der Waals surface area contributed by atoms with E-state index in [9.17, 15) is 9.18 Å². The van der Waals surface area contributed by atoms with Crippen LogP contribution in [-0.4, -0.2) is 49.2 Å². The van der Waals surface area contributed by atoms with Crippen LogP contribution >= 0.6 is 0 Å². The van der Waals surface area contributed by atoms with Gasteiger partial charge in [-0.05, 0) is 36.7 Å². The first kappa shape index (κ1) is 19.9. The zero-order valence-electron chi connectivity index (χ0n) is 18.1. The standard InChI is InChI=1S/C24H22FN7O/c1-31-23(27-13-28-31)21-18(15-5-3-14(4-6-15)12-32-7-2-8-32)11-26-19-10-16(25)9-17-20(19)22(21)29-30-24(17)33/h3-6,9-11,13,18,21H,2,7-8,12H2,1H3,(H,30,33). The maximum absolute atomic E-state index is 14.3. The Kier molecular flexibility index (Phi) is 4.65. The molecule has 33 heavy (non-hydrogen) atoms. The lowest BCUT2D eigenvalue weighted by Gasteiger charge is -2.30. The predicted molar refractivity (Wildman–Crippen MR) is 122 cm³/mol. The van der Waals surface area contributed by atoms with Crippen LogP contribution in [0.25, 0.3) is 10.8 Å². The van der Waals surface area contributed by atoms with Crippen molar-refractivity contribution in [1.82, 2.24) is 29.9 Å². The average Bonchev–Trinajstić information content (AvgIpc) is 3.13. The van der Waals surface area contributed by atoms with Crippen LogP contribution in [0.15, 0.2) is 52.5 Å². The summed E-state index contributed by atoms with van der Waals surface area (Å²) in [5.41, 5.74) is 2.84. The molecular weight excluding hydrogens is 421 g/mol. The zero-order valence-corrected chi connectivity index (χ0v) is 18.1. The Morgan fingerprint density at radius 3 is 2.70 bits per heavy atom. The molecule has 0 radical (unpaired) electrons. The van der Waals surface area contributed by atoms with Crippen molar-refractivity contribution >= 4 is 22.7 Å². The Hall–Kier alpha value is -3.72. The molecule has 1 fully saturated rings. The lowest BCUT2D eigenvalue weighted by atomic mass is 9.82. The number of H-pyrrole nitrogens is 1. The highest BCUT2D eigenvalue weighted by Crippen LogP contribution is 2.43. The summed E-state index contributed by atoms with van der Waals surface area (Å²) in [6.45, 7) is 3.24. The smallest absolute Gasteiger partial charge is 0.272 e. The van der Waals surface area contributed by atoms with Crippen LogP contribution in [0, 0.1) is 5.82 Å². The molecule has 2 aliphatic heterocycles. The monoisotopic (exact) mass is 443 g/mol. The van der Waals surface area contributed by atoms with Gasteiger partial charge in [-0.25, -0.2) is 14.5 Å². The third-order valence-corrected chi connectivity index (χ3v) is 6.63. The zero-order chi connectivity index (χ0) is 22.5. The van der Waals surface area contributed by atoms with E-state index < -0.39 is 11.4 Å². The van der Waals surface area contributed by atoms with E-state index in [1.807, 2.05) is 13.3 Å². The average molecular weight is 443 g/mol. The summed E-state index contributed by atoms with van der Waals surface area (Å²) >= 11 is 0. The number of aryl methyl sites for hydroxylation is 1. The number of aromatic amines is 1. The Morgan fingerprint density at radius 2 is 2.00 bits per heavy atom. The topological polar surface area (TPSA) is 92.1 Å². The summed E-state index contributed by atoms with van der Waals surface area (Å²) in [5.74, 6) is -0.424. The largest absolute Gasteiger partial charge is 0.299 e. The highest BCUT2D eigenvalue weighted by atomic mass is 19.1. The normalized spacial score (nSPS) is 20.1. The van der Waals surface area contributed by atoms with Gasteiger partial charge in [0, 0.05) is 37.2 Å². The van der Waals surface area contributed by atoms with E-state index in [4.69, 9.17) is 0 Å². The minimum absolute atomic E-state index is 0.227. The van der Waals surface area contributed by atoms with E-state index in [2.05, 4.69) is 54.4 Å². The quantitative estimate of drug-likeness (QED) is 0.524. The minimum atomic E-state index is -0.513. The van der Waals surface area contributed by atoms with Crippen LogP contribution in [0.4, 0.5) is 10.1 Å². The number of likely N-dealkylation sites (tertiary alicyclic amines) is 1. The van der Waals surface area contributed by atoms with Crippen LogP contribution in [-0.2, 0) is 13.6 Å². The molecular formula is C24H22FN7O. The first-order valence-electron chi connectivity index (χ1n) is 11.0. The third-order valence-electron chi connectivity index (χ3n) is 6.63. The molecule has 166 valence electrons. The van der Waals surface area contributed by atoms with E-state index in [1.165, 1.54) is 30.4 Å². The van der Waals surface area contributed by atoms with Crippen LogP contribution in [0.3, 0.4) is 0 Å². The number of aliphatic imine (C=N–C) groups is 1. The summed E-state index contributed by atoms with van der Waals surface area (Å²) < 4.78 is 16.0. The Bertz CT molecular complexity index is 1440. The van der Waals surface area contributed by atoms with E-state index in [-0.39, 0.29) is 17.2 Å². The molecule has 1 N–H and O–H groups in total. The maximum atomic E-state index is 14.3. The van der Waals surface area contributed by atoms with E-state index >= 15 is 0 Å². The molecule has 0 bridgehead atoms. The molecule has 1 saturated heterocycles. The van der Waals surface area contributed by atoms with Gasteiger partial charge in [-0.1, -0.05) is 24.3 Å². The number of benzene rings is 2. The van der Waals surface area contributed by atoms with Crippen molar-refractivity contribution in [3.8, 4) is 0 Å². The van der Waals surface area contributed by atoms with Crippen LogP contribution in [0.2, 0.25) is 0 Å². The molecule has 4 heterocycles. The number of nitrogens with zero attached hydrogens (tertiary/aromatic N) is 6. The summed E-state index contributed by atoms with van der Waals surface area (Å²) in [7, 11) is 1.83. The fourth-order valence-electron chi connectivity index (χ4n) is 4.80. The molecule has 2 unspecified atom stereocenters. The van der Waals surface area contributed by atoms with Gasteiger partial charge in [0.1, 0.15) is 18.0 Å². The molecule has 2 aliphatic rings. The van der Waals surface area contributed by atoms with Crippen molar-refractivity contribution in [2.75, 3.05) is 13.1 Å². The van der Waals surface area contributed by atoms with E-state index in [0.717, 1.165) is 25.2 Å². The highest BCUT2D eigenvalue weighted by Gasteiger charge is 2.35. The van der Waals surface area contributed by atoms with Crippen molar-refractivity contribution in [3.63, 3.8) is 0 Å². The fraction of sp³-hybridized carbons (Fsp3) is 0.292. The molecule has 0 amide bonds. The number of rotatable bonds is 4. The van der Waals surface area contributed by atoms with Gasteiger partial charge >= 0.3 is 0 Å². The molecule has 4 aromatic rings. The Labute approximate surface area is 188 Å². The number of nitrogens with one attached hydrogen (secondary N) is 1. The summed E-state index contributed by atoms with van der Waals surface area (Å²) in [6.07, 6.45) is 4.57. The van der Waals surface area contributed by atoms with Gasteiger partial charge in [0.05, 0.1) is 22.7 Å². The van der Waals surface area contributed by atoms with Gasteiger partial charge in [0.2, 0.25) is 0 Å². The van der Waals surface area contributed by atoms with Gasteiger partial charge < -0.3 is 0 Å². The number of halogens is 1. The summed E-state index contributed by atoms with van der Waals surface area (Å²) in [6, 6.07) is 11.1. The van der Waals surface area contributed by atoms with Gasteiger partial charge in [0.25, 0.3) is 5.56 Å². The molecule has 2 atom stereocenters. The summed E-state index contributed by atoms with van der Waals surface area (Å²) in [4.78, 5) is 24.0. The lowest BCUT2D eigenvalue weighted by molar-refractivity contribution is 0.172. The van der Waals surface area contributed by atoms with Gasteiger partial charge in [-0.2, -0.15) is 10.2 Å². The first-order chi connectivity index (χ1) is 16.1. The summed E-state index contributed by atoms with van der Waals surface area (Å²) in [5, 5.41) is 12.0. The number of hydrogen-bond acceptors (Lipinski definition) is 6. The number of hydrogen-bond donors (Lipinski definition) is 1. The van der Waals surface area contributed by atoms with Crippen LogP contribution in [0.1, 0.15) is 40.9 Å². The Balaban J connectivity index is 1.52. The molecule has 2 aromatic heterocycles. The van der Waals surface area contributed by atoms with E-state index in [0.29, 0.717) is 22.6 Å². The second-order valence-corrected chi connectivity index (χ2v) is 8.68.